The van der Waals surface area contributed by atoms with Crippen LogP contribution in [-0.2, 0) is 16.4 Å². The fourth-order valence-corrected chi connectivity index (χ4v) is 3.37. The number of hydrogen-bond donors (Lipinski definition) is 1. The van der Waals surface area contributed by atoms with E-state index in [2.05, 4.69) is 0 Å². The van der Waals surface area contributed by atoms with Crippen LogP contribution in [-0.4, -0.2) is 5.91 Å². The van der Waals surface area contributed by atoms with E-state index < -0.39 is 23.1 Å². The first kappa shape index (κ1) is 14.9. The topological polar surface area (TPSA) is 43.1 Å². The molecule has 0 spiro atoms. The first-order chi connectivity index (χ1) is 9.30. The summed E-state index contributed by atoms with van der Waals surface area (Å²) in [5, 5.41) is 0. The lowest BCUT2D eigenvalue weighted by Gasteiger charge is -2.41. The molecule has 2 atom stereocenters. The number of carbonyl (C=O) groups is 1. The first-order valence-electron chi connectivity index (χ1n) is 6.76. The van der Waals surface area contributed by atoms with Crippen molar-refractivity contribution < 1.29 is 18.0 Å². The average molecular weight is 285 g/mol. The minimum absolute atomic E-state index is 0.0344. The summed E-state index contributed by atoms with van der Waals surface area (Å²) in [6, 6.07) is 5.31. The van der Waals surface area contributed by atoms with Gasteiger partial charge in [-0.1, -0.05) is 38.0 Å². The molecule has 0 aliphatic heterocycles. The summed E-state index contributed by atoms with van der Waals surface area (Å²) in [6.07, 6.45) is -1.73. The summed E-state index contributed by atoms with van der Waals surface area (Å²) in [7, 11) is 0. The Balaban J connectivity index is 2.65. The highest BCUT2D eigenvalue weighted by Crippen LogP contribution is 2.47. The van der Waals surface area contributed by atoms with Gasteiger partial charge in [-0.15, -0.1) is 0 Å². The van der Waals surface area contributed by atoms with Gasteiger partial charge in [0.2, 0.25) is 5.91 Å². The molecule has 20 heavy (non-hydrogen) atoms. The van der Waals surface area contributed by atoms with E-state index in [4.69, 9.17) is 5.73 Å². The second-order valence-corrected chi connectivity index (χ2v) is 5.53. The van der Waals surface area contributed by atoms with Gasteiger partial charge < -0.3 is 5.73 Å². The van der Waals surface area contributed by atoms with Crippen LogP contribution < -0.4 is 5.73 Å². The first-order valence-corrected chi connectivity index (χ1v) is 6.76. The fourth-order valence-electron chi connectivity index (χ4n) is 3.37. The van der Waals surface area contributed by atoms with Gasteiger partial charge >= 0.3 is 6.18 Å². The molecule has 1 aliphatic rings. The number of primary amides is 1. The number of amides is 1. The molecule has 1 aliphatic carbocycles. The van der Waals surface area contributed by atoms with Crippen molar-refractivity contribution in [3.05, 3.63) is 35.4 Å². The summed E-state index contributed by atoms with van der Waals surface area (Å²) >= 11 is 0. The molecule has 1 fully saturated rings. The zero-order valence-corrected chi connectivity index (χ0v) is 11.3. The van der Waals surface area contributed by atoms with E-state index >= 15 is 0 Å². The van der Waals surface area contributed by atoms with Gasteiger partial charge in [0.05, 0.1) is 11.0 Å². The van der Waals surface area contributed by atoms with Gasteiger partial charge in [0, 0.05) is 0 Å². The molecule has 1 aromatic rings. The molecule has 0 saturated heterocycles. The SMILES string of the molecule is CC1CCCCC1(C(N)=O)c1ccccc1C(F)(F)F. The maximum atomic E-state index is 13.2. The van der Waals surface area contributed by atoms with Crippen LogP contribution >= 0.6 is 0 Å². The molecule has 2 nitrogen and oxygen atoms in total. The molecule has 1 aromatic carbocycles. The molecule has 2 unspecified atom stereocenters. The molecule has 0 heterocycles. The van der Waals surface area contributed by atoms with E-state index in [0.717, 1.165) is 25.3 Å². The highest BCUT2D eigenvalue weighted by Gasteiger charge is 2.49. The summed E-state index contributed by atoms with van der Waals surface area (Å²) in [4.78, 5) is 12.0. The van der Waals surface area contributed by atoms with Crippen molar-refractivity contribution in [1.82, 2.24) is 0 Å². The number of rotatable bonds is 2. The van der Waals surface area contributed by atoms with Crippen LogP contribution in [0.25, 0.3) is 0 Å². The van der Waals surface area contributed by atoms with Crippen molar-refractivity contribution in [3.8, 4) is 0 Å². The standard InChI is InChI=1S/C15H18F3NO/c1-10-6-4-5-9-14(10,13(19)20)11-7-2-3-8-12(11)15(16,17)18/h2-3,7-8,10H,4-6,9H2,1H3,(H2,19,20). The van der Waals surface area contributed by atoms with Gasteiger partial charge in [0.15, 0.2) is 0 Å². The minimum atomic E-state index is -4.48. The van der Waals surface area contributed by atoms with Gasteiger partial charge in [0.1, 0.15) is 0 Å². The van der Waals surface area contributed by atoms with Gasteiger partial charge in [-0.2, -0.15) is 13.2 Å². The molecule has 0 aromatic heterocycles. The Hall–Kier alpha value is -1.52. The molecular weight excluding hydrogens is 267 g/mol. The van der Waals surface area contributed by atoms with E-state index in [0.29, 0.717) is 6.42 Å². The zero-order chi connectivity index (χ0) is 15.0. The zero-order valence-electron chi connectivity index (χ0n) is 11.3. The van der Waals surface area contributed by atoms with E-state index in [1.165, 1.54) is 18.2 Å². The summed E-state index contributed by atoms with van der Waals surface area (Å²) in [5.74, 6) is -0.835. The maximum absolute atomic E-state index is 13.2. The van der Waals surface area contributed by atoms with Gasteiger partial charge in [-0.3, -0.25) is 4.79 Å². The smallest absolute Gasteiger partial charge is 0.369 e. The van der Waals surface area contributed by atoms with Crippen molar-refractivity contribution in [3.63, 3.8) is 0 Å². The van der Waals surface area contributed by atoms with Crippen molar-refractivity contribution in [1.29, 1.82) is 0 Å². The van der Waals surface area contributed by atoms with Crippen LogP contribution in [0.3, 0.4) is 0 Å². The second-order valence-electron chi connectivity index (χ2n) is 5.53. The molecule has 0 radical (unpaired) electrons. The average Bonchev–Trinajstić information content (AvgIpc) is 2.38. The van der Waals surface area contributed by atoms with Crippen LogP contribution in [0.15, 0.2) is 24.3 Å². The Morgan fingerprint density at radius 2 is 1.95 bits per heavy atom. The summed E-state index contributed by atoms with van der Waals surface area (Å²) < 4.78 is 39.6. The summed E-state index contributed by atoms with van der Waals surface area (Å²) in [5.41, 5.74) is 3.62. The lowest BCUT2D eigenvalue weighted by Crippen LogP contribution is -2.49. The van der Waals surface area contributed by atoms with Crippen LogP contribution in [0.1, 0.15) is 43.7 Å². The Labute approximate surface area is 116 Å². The third kappa shape index (κ3) is 2.30. The Morgan fingerprint density at radius 1 is 1.30 bits per heavy atom. The van der Waals surface area contributed by atoms with E-state index in [9.17, 15) is 18.0 Å². The molecule has 1 saturated carbocycles. The third-order valence-corrected chi connectivity index (χ3v) is 4.45. The molecule has 5 heteroatoms. The quantitative estimate of drug-likeness (QED) is 0.885. The molecule has 1 amide bonds. The molecule has 0 bridgehead atoms. The number of benzene rings is 1. The normalized spacial score (nSPS) is 27.3. The molecular formula is C15H18F3NO. The molecule has 110 valence electrons. The second kappa shape index (κ2) is 5.11. The predicted octanol–water partition coefficient (Wildman–Crippen LogP) is 3.64. The highest BCUT2D eigenvalue weighted by atomic mass is 19.4. The van der Waals surface area contributed by atoms with Crippen LogP contribution in [0.4, 0.5) is 13.2 Å². The van der Waals surface area contributed by atoms with Crippen molar-refractivity contribution in [2.24, 2.45) is 11.7 Å². The number of halogens is 3. The van der Waals surface area contributed by atoms with Crippen LogP contribution in [0, 0.1) is 5.92 Å². The lowest BCUT2D eigenvalue weighted by molar-refractivity contribution is -0.140. The lowest BCUT2D eigenvalue weighted by atomic mass is 9.61. The van der Waals surface area contributed by atoms with Crippen molar-refractivity contribution in [2.75, 3.05) is 0 Å². The predicted molar refractivity (Wildman–Crippen MR) is 69.9 cm³/mol. The molecule has 2 rings (SSSR count). The number of nitrogens with two attached hydrogens (primary N) is 1. The maximum Gasteiger partial charge on any atom is 0.416 e. The number of alkyl halides is 3. The minimum Gasteiger partial charge on any atom is -0.369 e. The Morgan fingerprint density at radius 3 is 2.50 bits per heavy atom. The fraction of sp³-hybridized carbons (Fsp3) is 0.533. The van der Waals surface area contributed by atoms with Gasteiger partial charge in [-0.25, -0.2) is 0 Å². The largest absolute Gasteiger partial charge is 0.416 e. The Kier molecular flexibility index (Phi) is 3.80. The number of carbonyl (C=O) groups excluding carboxylic acids is 1. The van der Waals surface area contributed by atoms with E-state index in [1.807, 2.05) is 6.92 Å². The van der Waals surface area contributed by atoms with Crippen molar-refractivity contribution in [2.45, 2.75) is 44.2 Å². The van der Waals surface area contributed by atoms with E-state index in [-0.39, 0.29) is 11.5 Å². The van der Waals surface area contributed by atoms with E-state index in [1.54, 1.807) is 0 Å². The summed E-state index contributed by atoms with van der Waals surface area (Å²) in [6.45, 7) is 1.82. The highest BCUT2D eigenvalue weighted by molar-refractivity contribution is 5.87. The Bertz CT molecular complexity index is 512. The van der Waals surface area contributed by atoms with Gasteiger partial charge in [0.25, 0.3) is 0 Å². The third-order valence-electron chi connectivity index (χ3n) is 4.45. The molecule has 2 N–H and O–H groups in total. The van der Waals surface area contributed by atoms with Gasteiger partial charge in [-0.05, 0) is 30.4 Å². The monoisotopic (exact) mass is 285 g/mol. The van der Waals surface area contributed by atoms with Crippen LogP contribution in [0.5, 0.6) is 0 Å². The number of hydrogen-bond acceptors (Lipinski definition) is 1. The van der Waals surface area contributed by atoms with Crippen LogP contribution in [0.2, 0.25) is 0 Å². The van der Waals surface area contributed by atoms with Crippen molar-refractivity contribution >= 4 is 5.91 Å².